The van der Waals surface area contributed by atoms with Crippen molar-refractivity contribution >= 4 is 17.4 Å². The summed E-state index contributed by atoms with van der Waals surface area (Å²) in [7, 11) is 1.73. The number of hydrogen-bond donors (Lipinski definition) is 0. The molecule has 2 saturated heterocycles. The quantitative estimate of drug-likeness (QED) is 0.843. The summed E-state index contributed by atoms with van der Waals surface area (Å²) >= 11 is 2.11. The van der Waals surface area contributed by atoms with Gasteiger partial charge in [0.25, 0.3) is 0 Å². The van der Waals surface area contributed by atoms with E-state index in [9.17, 15) is 0 Å². The smallest absolute Gasteiger partial charge is 0.120 e. The lowest BCUT2D eigenvalue weighted by molar-refractivity contribution is 0.201. The molecule has 0 unspecified atom stereocenters. The van der Waals surface area contributed by atoms with Crippen molar-refractivity contribution in [1.29, 1.82) is 0 Å². The first-order valence-corrected chi connectivity index (χ1v) is 8.23. The number of thioether (sulfide) groups is 1. The van der Waals surface area contributed by atoms with Gasteiger partial charge in [-0.25, -0.2) is 0 Å². The van der Waals surface area contributed by atoms with E-state index in [1.807, 2.05) is 6.07 Å². The van der Waals surface area contributed by atoms with Gasteiger partial charge in [0, 0.05) is 49.7 Å². The Morgan fingerprint density at radius 1 is 1.21 bits per heavy atom. The van der Waals surface area contributed by atoms with E-state index < -0.39 is 0 Å². The van der Waals surface area contributed by atoms with Gasteiger partial charge in [0.1, 0.15) is 5.75 Å². The monoisotopic (exact) mass is 278 g/mol. The second kappa shape index (κ2) is 6.06. The van der Waals surface area contributed by atoms with Gasteiger partial charge in [0.05, 0.1) is 7.11 Å². The van der Waals surface area contributed by atoms with E-state index >= 15 is 0 Å². The second-order valence-corrected chi connectivity index (χ2v) is 6.39. The third-order valence-electron chi connectivity index (χ3n) is 4.15. The predicted molar refractivity (Wildman–Crippen MR) is 82.5 cm³/mol. The number of ether oxygens (including phenoxy) is 1. The van der Waals surface area contributed by atoms with Crippen molar-refractivity contribution in [2.24, 2.45) is 0 Å². The van der Waals surface area contributed by atoms with Crippen molar-refractivity contribution < 1.29 is 4.74 Å². The molecule has 3 nitrogen and oxygen atoms in total. The molecule has 2 fully saturated rings. The van der Waals surface area contributed by atoms with Crippen molar-refractivity contribution in [2.45, 2.75) is 12.5 Å². The third kappa shape index (κ3) is 3.00. The fraction of sp³-hybridized carbons (Fsp3) is 0.600. The van der Waals surface area contributed by atoms with Crippen LogP contribution in [-0.4, -0.2) is 55.7 Å². The average molecular weight is 278 g/mol. The molecule has 3 rings (SSSR count). The van der Waals surface area contributed by atoms with Crippen molar-refractivity contribution in [1.82, 2.24) is 4.90 Å². The van der Waals surface area contributed by atoms with Crippen LogP contribution in [0.25, 0.3) is 0 Å². The molecule has 0 bridgehead atoms. The lowest BCUT2D eigenvalue weighted by Crippen LogP contribution is -2.50. The summed E-state index contributed by atoms with van der Waals surface area (Å²) in [6.45, 7) is 4.66. The zero-order valence-electron chi connectivity index (χ0n) is 11.5. The molecule has 1 aromatic carbocycles. The molecule has 1 aromatic rings. The molecule has 0 N–H and O–H groups in total. The fourth-order valence-electron chi connectivity index (χ4n) is 2.96. The van der Waals surface area contributed by atoms with E-state index in [2.05, 4.69) is 39.8 Å². The van der Waals surface area contributed by atoms with Crippen LogP contribution in [0, 0.1) is 0 Å². The highest BCUT2D eigenvalue weighted by Crippen LogP contribution is 2.26. The van der Waals surface area contributed by atoms with Crippen molar-refractivity contribution in [3.63, 3.8) is 0 Å². The highest BCUT2D eigenvalue weighted by molar-refractivity contribution is 7.99. The topological polar surface area (TPSA) is 15.7 Å². The largest absolute Gasteiger partial charge is 0.497 e. The molecule has 2 aliphatic rings. The highest BCUT2D eigenvalue weighted by Gasteiger charge is 2.26. The average Bonchev–Trinajstić information content (AvgIpc) is 3.02. The first-order chi connectivity index (χ1) is 9.36. The molecule has 0 saturated carbocycles. The van der Waals surface area contributed by atoms with Crippen LogP contribution in [0.1, 0.15) is 6.42 Å². The van der Waals surface area contributed by atoms with Gasteiger partial charge in [-0.05, 0) is 24.3 Å². The normalized spacial score (nSPS) is 24.7. The summed E-state index contributed by atoms with van der Waals surface area (Å²) < 4.78 is 5.31. The Bertz CT molecular complexity index is 412. The lowest BCUT2D eigenvalue weighted by Gasteiger charge is -2.39. The number of nitrogens with zero attached hydrogens (tertiary/aromatic N) is 2. The van der Waals surface area contributed by atoms with E-state index in [0.717, 1.165) is 24.9 Å². The van der Waals surface area contributed by atoms with E-state index in [1.165, 1.54) is 36.7 Å². The number of benzene rings is 1. The molecule has 0 amide bonds. The number of piperazine rings is 1. The number of methoxy groups -OCH3 is 1. The fourth-order valence-corrected chi connectivity index (χ4v) is 4.22. The number of rotatable bonds is 3. The maximum Gasteiger partial charge on any atom is 0.120 e. The molecule has 0 spiro atoms. The summed E-state index contributed by atoms with van der Waals surface area (Å²) in [4.78, 5) is 5.15. The van der Waals surface area contributed by atoms with Crippen LogP contribution in [0.5, 0.6) is 5.75 Å². The molecular weight excluding hydrogens is 256 g/mol. The van der Waals surface area contributed by atoms with Gasteiger partial charge < -0.3 is 9.64 Å². The van der Waals surface area contributed by atoms with Gasteiger partial charge in [-0.1, -0.05) is 6.07 Å². The predicted octanol–water partition coefficient (Wildman–Crippen LogP) is 2.32. The molecule has 2 aliphatic heterocycles. The molecule has 104 valence electrons. The van der Waals surface area contributed by atoms with Crippen LogP contribution in [0.4, 0.5) is 5.69 Å². The minimum absolute atomic E-state index is 0.831. The SMILES string of the molecule is COc1cccc(N2CCN([C@@H]3CCSC3)CC2)c1. The van der Waals surface area contributed by atoms with Gasteiger partial charge in [-0.2, -0.15) is 11.8 Å². The summed E-state index contributed by atoms with van der Waals surface area (Å²) in [5.74, 6) is 3.63. The van der Waals surface area contributed by atoms with Gasteiger partial charge in [-0.15, -0.1) is 0 Å². The van der Waals surface area contributed by atoms with E-state index in [1.54, 1.807) is 7.11 Å². The number of anilines is 1. The first-order valence-electron chi connectivity index (χ1n) is 7.07. The molecule has 0 radical (unpaired) electrons. The van der Waals surface area contributed by atoms with Gasteiger partial charge >= 0.3 is 0 Å². The summed E-state index contributed by atoms with van der Waals surface area (Å²) in [6, 6.07) is 9.24. The lowest BCUT2D eigenvalue weighted by atomic mass is 10.1. The van der Waals surface area contributed by atoms with Crippen LogP contribution in [0.2, 0.25) is 0 Å². The molecule has 2 heterocycles. The van der Waals surface area contributed by atoms with Crippen LogP contribution >= 0.6 is 11.8 Å². The minimum Gasteiger partial charge on any atom is -0.497 e. The summed E-state index contributed by atoms with van der Waals surface area (Å²) in [5, 5.41) is 0. The van der Waals surface area contributed by atoms with Crippen LogP contribution in [-0.2, 0) is 0 Å². The Hall–Kier alpha value is -0.870. The Kier molecular flexibility index (Phi) is 4.18. The zero-order chi connectivity index (χ0) is 13.1. The summed E-state index contributed by atoms with van der Waals surface area (Å²) in [6.07, 6.45) is 1.38. The number of hydrogen-bond acceptors (Lipinski definition) is 4. The summed E-state index contributed by atoms with van der Waals surface area (Å²) in [5.41, 5.74) is 1.29. The Morgan fingerprint density at radius 3 is 2.74 bits per heavy atom. The van der Waals surface area contributed by atoms with Crippen LogP contribution in [0.3, 0.4) is 0 Å². The standard InChI is InChI=1S/C15H22N2OS/c1-18-15-4-2-3-13(11-15)16-6-8-17(9-7-16)14-5-10-19-12-14/h2-4,11,14H,5-10,12H2,1H3/t14-/m1/s1. The van der Waals surface area contributed by atoms with Crippen molar-refractivity contribution in [3.8, 4) is 5.75 Å². The zero-order valence-corrected chi connectivity index (χ0v) is 12.4. The molecule has 19 heavy (non-hydrogen) atoms. The third-order valence-corrected chi connectivity index (χ3v) is 5.30. The molecule has 0 aliphatic carbocycles. The van der Waals surface area contributed by atoms with Gasteiger partial charge in [-0.3, -0.25) is 4.90 Å². The Morgan fingerprint density at radius 2 is 2.05 bits per heavy atom. The first kappa shape index (κ1) is 13.1. The Labute approximate surface area is 119 Å². The molecular formula is C15H22N2OS. The van der Waals surface area contributed by atoms with E-state index in [0.29, 0.717) is 0 Å². The molecule has 1 atom stereocenters. The van der Waals surface area contributed by atoms with Crippen molar-refractivity contribution in [2.75, 3.05) is 49.7 Å². The maximum absolute atomic E-state index is 5.31. The van der Waals surface area contributed by atoms with E-state index in [4.69, 9.17) is 4.74 Å². The maximum atomic E-state index is 5.31. The van der Waals surface area contributed by atoms with Crippen LogP contribution in [0.15, 0.2) is 24.3 Å². The second-order valence-electron chi connectivity index (χ2n) is 5.24. The van der Waals surface area contributed by atoms with Crippen LogP contribution < -0.4 is 9.64 Å². The highest BCUT2D eigenvalue weighted by atomic mass is 32.2. The minimum atomic E-state index is 0.831. The Balaban J connectivity index is 1.59. The van der Waals surface area contributed by atoms with Crippen molar-refractivity contribution in [3.05, 3.63) is 24.3 Å². The van der Waals surface area contributed by atoms with E-state index in [-0.39, 0.29) is 0 Å². The van der Waals surface area contributed by atoms with Gasteiger partial charge in [0.2, 0.25) is 0 Å². The molecule has 0 aromatic heterocycles. The van der Waals surface area contributed by atoms with Gasteiger partial charge in [0.15, 0.2) is 0 Å². The molecule has 4 heteroatoms.